The molecule has 0 unspecified atom stereocenters. The molecule has 1 aromatic rings. The van der Waals surface area contributed by atoms with Crippen LogP contribution in [0.15, 0.2) is 23.1 Å². The van der Waals surface area contributed by atoms with Gasteiger partial charge in [0.25, 0.3) is 0 Å². The Hall–Kier alpha value is -1.76. The first-order valence-electron chi connectivity index (χ1n) is 6.24. The van der Waals surface area contributed by atoms with Gasteiger partial charge in [0.2, 0.25) is 5.91 Å². The molecule has 6 nitrogen and oxygen atoms in total. The highest BCUT2D eigenvalue weighted by molar-refractivity contribution is 7.90. The Kier molecular flexibility index (Phi) is 4.99. The second-order valence-corrected chi connectivity index (χ2v) is 7.25. The van der Waals surface area contributed by atoms with Gasteiger partial charge in [-0.05, 0) is 24.1 Å². The second-order valence-electron chi connectivity index (χ2n) is 5.23. The van der Waals surface area contributed by atoms with E-state index in [2.05, 4.69) is 0 Å². The molecule has 1 rings (SSSR count). The number of nitrogens with zero attached hydrogens (tertiary/aromatic N) is 1. The summed E-state index contributed by atoms with van der Waals surface area (Å²) in [6.07, 6.45) is 1.12. The van der Waals surface area contributed by atoms with Gasteiger partial charge >= 0.3 is 0 Å². The lowest BCUT2D eigenvalue weighted by atomic mass is 10.1. The fourth-order valence-electron chi connectivity index (χ4n) is 1.93. The molecule has 0 aromatic heterocycles. The van der Waals surface area contributed by atoms with Gasteiger partial charge in [-0.2, -0.15) is 0 Å². The zero-order valence-corrected chi connectivity index (χ0v) is 12.8. The topological polar surface area (TPSA) is 106 Å². The summed E-state index contributed by atoms with van der Waals surface area (Å²) in [7, 11) is -3.30. The molecule has 0 saturated heterocycles. The van der Waals surface area contributed by atoms with Gasteiger partial charge in [-0.1, -0.05) is 13.8 Å². The van der Waals surface area contributed by atoms with Crippen LogP contribution in [0.25, 0.3) is 0 Å². The summed E-state index contributed by atoms with van der Waals surface area (Å²) in [5, 5.41) is 0. The van der Waals surface area contributed by atoms with Crippen molar-refractivity contribution in [3.8, 4) is 0 Å². The van der Waals surface area contributed by atoms with Gasteiger partial charge in [-0.25, -0.2) is 8.42 Å². The first-order chi connectivity index (χ1) is 9.11. The van der Waals surface area contributed by atoms with E-state index in [4.69, 9.17) is 11.5 Å². The van der Waals surface area contributed by atoms with Crippen LogP contribution in [0.5, 0.6) is 0 Å². The monoisotopic (exact) mass is 299 g/mol. The lowest BCUT2D eigenvalue weighted by Gasteiger charge is -2.26. The molecule has 7 heteroatoms. The number of anilines is 2. The van der Waals surface area contributed by atoms with Crippen molar-refractivity contribution in [3.63, 3.8) is 0 Å². The summed E-state index contributed by atoms with van der Waals surface area (Å²) in [6, 6.07) is 4.49. The van der Waals surface area contributed by atoms with E-state index in [1.807, 2.05) is 13.8 Å². The third kappa shape index (κ3) is 4.41. The third-order valence-electron chi connectivity index (χ3n) is 2.70. The van der Waals surface area contributed by atoms with E-state index in [-0.39, 0.29) is 11.4 Å². The number of rotatable bonds is 6. The van der Waals surface area contributed by atoms with Gasteiger partial charge in [0.15, 0.2) is 9.84 Å². The first kappa shape index (κ1) is 16.3. The zero-order chi connectivity index (χ0) is 15.5. The number of benzene rings is 1. The summed E-state index contributed by atoms with van der Waals surface area (Å²) < 4.78 is 23.0. The molecule has 0 saturated carbocycles. The highest BCUT2D eigenvalue weighted by Gasteiger charge is 2.16. The van der Waals surface area contributed by atoms with Crippen LogP contribution in [-0.2, 0) is 14.6 Å². The van der Waals surface area contributed by atoms with Crippen molar-refractivity contribution in [1.82, 2.24) is 0 Å². The minimum atomic E-state index is -3.30. The fourth-order valence-corrected chi connectivity index (χ4v) is 2.58. The van der Waals surface area contributed by atoms with E-state index in [9.17, 15) is 13.2 Å². The van der Waals surface area contributed by atoms with E-state index in [1.54, 1.807) is 11.0 Å². The summed E-state index contributed by atoms with van der Waals surface area (Å²) in [5.74, 6) is -0.152. The fraction of sp³-hybridized carbons (Fsp3) is 0.462. The Morgan fingerprint density at radius 3 is 2.35 bits per heavy atom. The third-order valence-corrected chi connectivity index (χ3v) is 3.81. The largest absolute Gasteiger partial charge is 0.397 e. The first-order valence-corrected chi connectivity index (χ1v) is 8.13. The van der Waals surface area contributed by atoms with E-state index >= 15 is 0 Å². The average molecular weight is 299 g/mol. The highest BCUT2D eigenvalue weighted by atomic mass is 32.2. The van der Waals surface area contributed by atoms with Crippen LogP contribution in [0.3, 0.4) is 0 Å². The standard InChI is InChI=1S/C13H21N3O3S/c1-9(2)7-16(8-13(15)17)12-5-4-10(6-11(12)14)20(3,18)19/h4-6,9H,7-8,14H2,1-3H3,(H2,15,17). The van der Waals surface area contributed by atoms with Crippen LogP contribution in [0.1, 0.15) is 13.8 Å². The summed E-state index contributed by atoms with van der Waals surface area (Å²) >= 11 is 0. The number of primary amides is 1. The molecule has 0 radical (unpaired) electrons. The van der Waals surface area contributed by atoms with Crippen molar-refractivity contribution in [2.24, 2.45) is 11.7 Å². The van der Waals surface area contributed by atoms with E-state index in [0.29, 0.717) is 23.8 Å². The number of nitrogen functional groups attached to an aromatic ring is 1. The molecule has 0 aliphatic rings. The molecule has 20 heavy (non-hydrogen) atoms. The lowest BCUT2D eigenvalue weighted by molar-refractivity contribution is -0.116. The van der Waals surface area contributed by atoms with Gasteiger partial charge < -0.3 is 16.4 Å². The zero-order valence-electron chi connectivity index (χ0n) is 12.0. The maximum absolute atomic E-state index is 11.5. The molecular formula is C13H21N3O3S. The normalized spacial score (nSPS) is 11.6. The second kappa shape index (κ2) is 6.13. The number of amides is 1. The average Bonchev–Trinajstić information content (AvgIpc) is 2.25. The Labute approximate surface area is 119 Å². The molecule has 0 spiro atoms. The molecule has 0 aliphatic carbocycles. The Balaban J connectivity index is 3.17. The van der Waals surface area contributed by atoms with E-state index in [0.717, 1.165) is 6.26 Å². The van der Waals surface area contributed by atoms with Crippen LogP contribution < -0.4 is 16.4 Å². The Morgan fingerprint density at radius 1 is 1.35 bits per heavy atom. The van der Waals surface area contributed by atoms with Crippen LogP contribution in [0, 0.1) is 5.92 Å². The van der Waals surface area contributed by atoms with Crippen molar-refractivity contribution in [3.05, 3.63) is 18.2 Å². The van der Waals surface area contributed by atoms with Crippen LogP contribution >= 0.6 is 0 Å². The smallest absolute Gasteiger partial charge is 0.236 e. The van der Waals surface area contributed by atoms with Gasteiger partial charge in [0.1, 0.15) is 0 Å². The van der Waals surface area contributed by atoms with Crippen LogP contribution in [0.4, 0.5) is 11.4 Å². The molecule has 4 N–H and O–H groups in total. The van der Waals surface area contributed by atoms with Gasteiger partial charge in [0.05, 0.1) is 22.8 Å². The summed E-state index contributed by atoms with van der Waals surface area (Å²) in [5.41, 5.74) is 12.1. The maximum Gasteiger partial charge on any atom is 0.236 e. The van der Waals surface area contributed by atoms with E-state index < -0.39 is 15.7 Å². The molecular weight excluding hydrogens is 278 g/mol. The van der Waals surface area contributed by atoms with Crippen LogP contribution in [0.2, 0.25) is 0 Å². The minimum Gasteiger partial charge on any atom is -0.397 e. The Morgan fingerprint density at radius 2 is 1.95 bits per heavy atom. The number of nitrogens with two attached hydrogens (primary N) is 2. The number of hydrogen-bond donors (Lipinski definition) is 2. The van der Waals surface area contributed by atoms with Crippen molar-refractivity contribution >= 4 is 27.1 Å². The molecule has 0 aliphatic heterocycles. The molecule has 0 fully saturated rings. The predicted molar refractivity (Wildman–Crippen MR) is 80.2 cm³/mol. The highest BCUT2D eigenvalue weighted by Crippen LogP contribution is 2.26. The number of carbonyl (C=O) groups is 1. The molecule has 0 heterocycles. The molecule has 112 valence electrons. The van der Waals surface area contributed by atoms with Crippen molar-refractivity contribution in [2.75, 3.05) is 30.0 Å². The lowest BCUT2D eigenvalue weighted by Crippen LogP contribution is -2.36. The van der Waals surface area contributed by atoms with Crippen molar-refractivity contribution < 1.29 is 13.2 Å². The van der Waals surface area contributed by atoms with Gasteiger partial charge in [0, 0.05) is 12.8 Å². The number of hydrogen-bond acceptors (Lipinski definition) is 5. The van der Waals surface area contributed by atoms with Gasteiger partial charge in [-0.15, -0.1) is 0 Å². The quantitative estimate of drug-likeness (QED) is 0.749. The van der Waals surface area contributed by atoms with E-state index in [1.165, 1.54) is 12.1 Å². The Bertz CT molecular complexity index is 597. The van der Waals surface area contributed by atoms with Crippen LogP contribution in [-0.4, -0.2) is 33.7 Å². The SMILES string of the molecule is CC(C)CN(CC(N)=O)c1ccc(S(C)(=O)=O)cc1N. The number of carbonyl (C=O) groups excluding carboxylic acids is 1. The molecule has 1 aromatic carbocycles. The number of sulfone groups is 1. The summed E-state index contributed by atoms with van der Waals surface area (Å²) in [6.45, 7) is 4.66. The predicted octanol–water partition coefficient (Wildman–Crippen LogP) is 0.620. The maximum atomic E-state index is 11.5. The van der Waals surface area contributed by atoms with Crippen molar-refractivity contribution in [1.29, 1.82) is 0 Å². The molecule has 0 atom stereocenters. The molecule has 0 bridgehead atoms. The summed E-state index contributed by atoms with van der Waals surface area (Å²) in [4.78, 5) is 13.1. The minimum absolute atomic E-state index is 0.0423. The van der Waals surface area contributed by atoms with Gasteiger partial charge in [-0.3, -0.25) is 4.79 Å². The molecule has 1 amide bonds. The van der Waals surface area contributed by atoms with Crippen molar-refractivity contribution in [2.45, 2.75) is 18.7 Å².